The van der Waals surface area contributed by atoms with Gasteiger partial charge in [0, 0.05) is 18.5 Å². The van der Waals surface area contributed by atoms with E-state index in [1.54, 1.807) is 0 Å². The molecule has 0 spiro atoms. The van der Waals surface area contributed by atoms with Crippen LogP contribution in [0.25, 0.3) is 10.9 Å². The van der Waals surface area contributed by atoms with Gasteiger partial charge in [-0.15, -0.1) is 0 Å². The summed E-state index contributed by atoms with van der Waals surface area (Å²) in [5, 5.41) is 19.9. The molecule has 1 aromatic heterocycles. The topological polar surface area (TPSA) is 60.2 Å². The maximum atomic E-state index is 9.60. The summed E-state index contributed by atoms with van der Waals surface area (Å²) in [7, 11) is 0. The lowest BCUT2D eigenvalue weighted by Crippen LogP contribution is -2.36. The predicted molar refractivity (Wildman–Crippen MR) is 78.6 cm³/mol. The van der Waals surface area contributed by atoms with Crippen LogP contribution in [0.5, 0.6) is 0 Å². The van der Waals surface area contributed by atoms with E-state index in [1.165, 1.54) is 0 Å². The molecule has 1 aliphatic rings. The van der Waals surface area contributed by atoms with Crippen molar-refractivity contribution in [2.75, 3.05) is 18.0 Å². The summed E-state index contributed by atoms with van der Waals surface area (Å²) in [6.07, 6.45) is 1.25. The van der Waals surface area contributed by atoms with Gasteiger partial charge in [-0.3, -0.25) is 0 Å². The molecule has 0 atom stereocenters. The maximum Gasteiger partial charge on any atom is 0.147 e. The third-order valence-electron chi connectivity index (χ3n) is 3.84. The summed E-state index contributed by atoms with van der Waals surface area (Å²) in [6, 6.07) is 10.2. The van der Waals surface area contributed by atoms with E-state index < -0.39 is 0 Å². The van der Waals surface area contributed by atoms with Crippen molar-refractivity contribution in [3.63, 3.8) is 0 Å². The number of aliphatic hydroxyl groups is 1. The Morgan fingerprint density at radius 3 is 2.75 bits per heavy atom. The molecule has 1 N–H and O–H groups in total. The molecule has 0 bridgehead atoms. The van der Waals surface area contributed by atoms with Crippen LogP contribution in [0.2, 0.25) is 0 Å². The highest BCUT2D eigenvalue weighted by atomic mass is 16.3. The fourth-order valence-corrected chi connectivity index (χ4v) is 2.67. The molecule has 20 heavy (non-hydrogen) atoms. The Balaban J connectivity index is 2.06. The minimum atomic E-state index is -0.223. The second kappa shape index (κ2) is 5.10. The van der Waals surface area contributed by atoms with Crippen LogP contribution in [0.1, 0.15) is 24.0 Å². The van der Waals surface area contributed by atoms with Crippen molar-refractivity contribution in [3.05, 3.63) is 35.4 Å². The molecule has 1 fully saturated rings. The molecule has 0 unspecified atom stereocenters. The van der Waals surface area contributed by atoms with Crippen molar-refractivity contribution in [1.82, 2.24) is 4.98 Å². The van der Waals surface area contributed by atoms with Gasteiger partial charge in [-0.2, -0.15) is 5.26 Å². The third-order valence-corrected chi connectivity index (χ3v) is 3.84. The lowest BCUT2D eigenvalue weighted by molar-refractivity contribution is 0.145. The van der Waals surface area contributed by atoms with Crippen molar-refractivity contribution in [2.45, 2.75) is 25.9 Å². The molecule has 0 saturated carbocycles. The highest BCUT2D eigenvalue weighted by molar-refractivity contribution is 5.83. The highest BCUT2D eigenvalue weighted by Crippen LogP contribution is 2.26. The summed E-state index contributed by atoms with van der Waals surface area (Å²) in [6.45, 7) is 3.54. The van der Waals surface area contributed by atoms with Crippen molar-refractivity contribution >= 4 is 16.7 Å². The van der Waals surface area contributed by atoms with Crippen LogP contribution in [-0.2, 0) is 0 Å². The van der Waals surface area contributed by atoms with Gasteiger partial charge in [0.15, 0.2) is 0 Å². The van der Waals surface area contributed by atoms with Crippen molar-refractivity contribution in [2.24, 2.45) is 0 Å². The minimum absolute atomic E-state index is 0.223. The number of nitriles is 1. The highest BCUT2D eigenvalue weighted by Gasteiger charge is 2.21. The summed E-state index contributed by atoms with van der Waals surface area (Å²) >= 11 is 0. The number of rotatable bonds is 1. The summed E-state index contributed by atoms with van der Waals surface area (Å²) in [4.78, 5) is 6.78. The number of nitrogens with zero attached hydrogens (tertiary/aromatic N) is 3. The number of fused-ring (bicyclic) bond motifs is 1. The normalized spacial score (nSPS) is 16.4. The second-order valence-corrected chi connectivity index (χ2v) is 5.39. The first-order valence-electron chi connectivity index (χ1n) is 6.92. The van der Waals surface area contributed by atoms with Crippen molar-refractivity contribution in [1.29, 1.82) is 5.26 Å². The molecule has 3 rings (SSSR count). The molecule has 0 amide bonds. The van der Waals surface area contributed by atoms with Gasteiger partial charge in [-0.1, -0.05) is 12.1 Å². The second-order valence-electron chi connectivity index (χ2n) is 5.39. The quantitative estimate of drug-likeness (QED) is 0.861. The first-order valence-corrected chi connectivity index (χ1v) is 6.92. The third kappa shape index (κ3) is 2.33. The van der Waals surface area contributed by atoms with Gasteiger partial charge in [0.05, 0.1) is 17.2 Å². The van der Waals surface area contributed by atoms with Crippen LogP contribution in [-0.4, -0.2) is 29.3 Å². The van der Waals surface area contributed by atoms with Gasteiger partial charge >= 0.3 is 0 Å². The van der Waals surface area contributed by atoms with E-state index in [9.17, 15) is 10.4 Å². The van der Waals surface area contributed by atoms with Gasteiger partial charge in [-0.25, -0.2) is 4.98 Å². The first-order chi connectivity index (χ1) is 9.67. The van der Waals surface area contributed by atoms with E-state index in [0.717, 1.165) is 48.2 Å². The smallest absolute Gasteiger partial charge is 0.147 e. The Hall–Kier alpha value is -2.12. The molecular weight excluding hydrogens is 250 g/mol. The van der Waals surface area contributed by atoms with Crippen LogP contribution in [0, 0.1) is 18.3 Å². The molecule has 1 aromatic carbocycles. The summed E-state index contributed by atoms with van der Waals surface area (Å²) in [5.41, 5.74) is 2.69. The van der Waals surface area contributed by atoms with Crippen LogP contribution in [0.15, 0.2) is 24.3 Å². The number of hydrogen-bond acceptors (Lipinski definition) is 4. The van der Waals surface area contributed by atoms with Crippen molar-refractivity contribution < 1.29 is 5.11 Å². The molecule has 1 saturated heterocycles. The lowest BCUT2D eigenvalue weighted by atomic mass is 10.1. The molecule has 2 heterocycles. The van der Waals surface area contributed by atoms with E-state index >= 15 is 0 Å². The van der Waals surface area contributed by atoms with Gasteiger partial charge in [0.25, 0.3) is 0 Å². The molecule has 102 valence electrons. The standard InChI is InChI=1S/C16H17N3O/c1-11-2-3-12-9-13(10-17)16(18-15(12)8-11)19-6-4-14(20)5-7-19/h2-3,8-9,14,20H,4-7H2,1H3. The number of aromatic nitrogens is 1. The minimum Gasteiger partial charge on any atom is -0.393 e. The Morgan fingerprint density at radius 2 is 2.05 bits per heavy atom. The van der Waals surface area contributed by atoms with Gasteiger partial charge in [0.2, 0.25) is 0 Å². The predicted octanol–water partition coefficient (Wildman–Crippen LogP) is 2.38. The van der Waals surface area contributed by atoms with Gasteiger partial charge in [-0.05, 0) is 37.5 Å². The average molecular weight is 267 g/mol. The SMILES string of the molecule is Cc1ccc2cc(C#N)c(N3CCC(O)CC3)nc2c1. The fourth-order valence-electron chi connectivity index (χ4n) is 2.67. The van der Waals surface area contributed by atoms with E-state index in [1.807, 2.05) is 31.2 Å². The number of hydrogen-bond donors (Lipinski definition) is 1. The number of aliphatic hydroxyl groups excluding tert-OH is 1. The van der Waals surface area contributed by atoms with Crippen molar-refractivity contribution in [3.8, 4) is 6.07 Å². The van der Waals surface area contributed by atoms with Crippen LogP contribution >= 0.6 is 0 Å². The Labute approximate surface area is 118 Å². The largest absolute Gasteiger partial charge is 0.393 e. The molecule has 4 nitrogen and oxygen atoms in total. The maximum absolute atomic E-state index is 9.60. The molecule has 4 heteroatoms. The van der Waals surface area contributed by atoms with E-state index in [2.05, 4.69) is 16.0 Å². The number of benzene rings is 1. The Bertz CT molecular complexity index is 682. The van der Waals surface area contributed by atoms with Gasteiger partial charge in [0.1, 0.15) is 11.9 Å². The summed E-state index contributed by atoms with van der Waals surface area (Å²) < 4.78 is 0. The fraction of sp³-hybridized carbons (Fsp3) is 0.375. The average Bonchev–Trinajstić information content (AvgIpc) is 2.46. The number of anilines is 1. The van der Waals surface area contributed by atoms with E-state index in [4.69, 9.17) is 0 Å². The van der Waals surface area contributed by atoms with Crippen LogP contribution < -0.4 is 4.90 Å². The van der Waals surface area contributed by atoms with E-state index in [0.29, 0.717) is 5.56 Å². The Kier molecular flexibility index (Phi) is 3.29. The molecular formula is C16H17N3O. The zero-order chi connectivity index (χ0) is 14.1. The molecule has 1 aliphatic heterocycles. The zero-order valence-electron chi connectivity index (χ0n) is 11.5. The lowest BCUT2D eigenvalue weighted by Gasteiger charge is -2.31. The number of piperidine rings is 1. The molecule has 0 radical (unpaired) electrons. The van der Waals surface area contributed by atoms with Gasteiger partial charge < -0.3 is 10.0 Å². The van der Waals surface area contributed by atoms with Crippen LogP contribution in [0.4, 0.5) is 5.82 Å². The molecule has 0 aliphatic carbocycles. The first kappa shape index (κ1) is 12.9. The van der Waals surface area contributed by atoms with E-state index in [-0.39, 0.29) is 6.10 Å². The monoisotopic (exact) mass is 267 g/mol. The zero-order valence-corrected chi connectivity index (χ0v) is 11.5. The molecule has 2 aromatic rings. The van der Waals surface area contributed by atoms with Crippen LogP contribution in [0.3, 0.4) is 0 Å². The number of pyridine rings is 1. The summed E-state index contributed by atoms with van der Waals surface area (Å²) in [5.74, 6) is 0.748. The Morgan fingerprint density at radius 1 is 1.30 bits per heavy atom. The number of aryl methyl sites for hydroxylation is 1.